The molecule has 5 nitrogen and oxygen atoms in total. The molecule has 6 heteroatoms. The van der Waals surface area contributed by atoms with E-state index < -0.39 is 10.0 Å². The molecule has 2 heterocycles. The van der Waals surface area contributed by atoms with Crippen molar-refractivity contribution in [2.24, 2.45) is 5.92 Å². The highest BCUT2D eigenvalue weighted by Gasteiger charge is 2.33. The van der Waals surface area contributed by atoms with Crippen LogP contribution in [0.5, 0.6) is 0 Å². The lowest BCUT2D eigenvalue weighted by molar-refractivity contribution is 0.544. The van der Waals surface area contributed by atoms with Crippen molar-refractivity contribution in [3.05, 3.63) is 41.7 Å². The van der Waals surface area contributed by atoms with Crippen molar-refractivity contribution in [1.82, 2.24) is 10.2 Å². The van der Waals surface area contributed by atoms with Crippen molar-refractivity contribution in [2.45, 2.75) is 25.2 Å². The zero-order valence-corrected chi connectivity index (χ0v) is 12.3. The molecule has 106 valence electrons. The Morgan fingerprint density at radius 1 is 1.35 bits per heavy atom. The van der Waals surface area contributed by atoms with Crippen LogP contribution >= 0.6 is 0 Å². The van der Waals surface area contributed by atoms with Gasteiger partial charge in [-0.3, -0.25) is 9.40 Å². The predicted octanol–water partition coefficient (Wildman–Crippen LogP) is 2.11. The van der Waals surface area contributed by atoms with Gasteiger partial charge in [0.2, 0.25) is 0 Å². The van der Waals surface area contributed by atoms with Crippen LogP contribution in [0.4, 0.5) is 5.69 Å². The highest BCUT2D eigenvalue weighted by atomic mass is 32.2. The van der Waals surface area contributed by atoms with Crippen molar-refractivity contribution in [1.29, 1.82) is 0 Å². The molecule has 2 aromatic rings. The SMILES string of the molecule is Cc1[nH]ncc1S(=O)(=O)N1CC(C)Cc2ccccc21. The lowest BCUT2D eigenvalue weighted by Crippen LogP contribution is -2.39. The number of nitrogens with one attached hydrogen (secondary N) is 1. The van der Waals surface area contributed by atoms with Crippen molar-refractivity contribution in [3.63, 3.8) is 0 Å². The molecule has 0 saturated heterocycles. The number of H-pyrrole nitrogens is 1. The number of anilines is 1. The van der Waals surface area contributed by atoms with Gasteiger partial charge in [-0.25, -0.2) is 8.42 Å². The van der Waals surface area contributed by atoms with Crippen LogP contribution in [-0.4, -0.2) is 25.2 Å². The third kappa shape index (κ3) is 2.00. The Kier molecular flexibility index (Phi) is 3.05. The van der Waals surface area contributed by atoms with E-state index in [1.165, 1.54) is 10.5 Å². The molecule has 0 amide bonds. The van der Waals surface area contributed by atoms with Crippen LogP contribution in [0.2, 0.25) is 0 Å². The fourth-order valence-electron chi connectivity index (χ4n) is 2.69. The zero-order valence-electron chi connectivity index (χ0n) is 11.5. The van der Waals surface area contributed by atoms with Gasteiger partial charge in [-0.2, -0.15) is 5.10 Å². The molecule has 0 bridgehead atoms. The van der Waals surface area contributed by atoms with Crippen molar-refractivity contribution in [3.8, 4) is 0 Å². The molecule has 1 aliphatic rings. The Morgan fingerprint density at radius 2 is 2.10 bits per heavy atom. The number of para-hydroxylation sites is 1. The number of aromatic amines is 1. The van der Waals surface area contributed by atoms with E-state index in [1.807, 2.05) is 24.3 Å². The number of hydrogen-bond acceptors (Lipinski definition) is 3. The Morgan fingerprint density at radius 3 is 2.80 bits per heavy atom. The van der Waals surface area contributed by atoms with Crippen LogP contribution in [0.25, 0.3) is 0 Å². The third-order valence-corrected chi connectivity index (χ3v) is 5.55. The molecule has 0 saturated carbocycles. The van der Waals surface area contributed by atoms with Crippen molar-refractivity contribution >= 4 is 15.7 Å². The van der Waals surface area contributed by atoms with Crippen LogP contribution in [0, 0.1) is 12.8 Å². The highest BCUT2D eigenvalue weighted by molar-refractivity contribution is 7.92. The Labute approximate surface area is 118 Å². The van der Waals surface area contributed by atoms with Crippen molar-refractivity contribution < 1.29 is 8.42 Å². The van der Waals surface area contributed by atoms with E-state index in [0.717, 1.165) is 17.7 Å². The molecule has 0 radical (unpaired) electrons. The first-order chi connectivity index (χ1) is 9.50. The standard InChI is InChI=1S/C14H17N3O2S/c1-10-7-12-5-3-4-6-13(12)17(9-10)20(18,19)14-8-15-16-11(14)2/h3-6,8,10H,7,9H2,1-2H3,(H,15,16). The Bertz CT molecular complexity index is 736. The summed E-state index contributed by atoms with van der Waals surface area (Å²) in [5, 5.41) is 6.52. The first kappa shape index (κ1) is 13.2. The minimum atomic E-state index is -3.56. The molecular weight excluding hydrogens is 274 g/mol. The molecular formula is C14H17N3O2S. The average Bonchev–Trinajstić information content (AvgIpc) is 2.84. The molecule has 1 aliphatic heterocycles. The summed E-state index contributed by atoms with van der Waals surface area (Å²) in [6, 6.07) is 7.69. The van der Waals surface area contributed by atoms with E-state index in [1.54, 1.807) is 6.92 Å². The first-order valence-corrected chi connectivity index (χ1v) is 8.05. The van der Waals surface area contributed by atoms with Gasteiger partial charge in [0.1, 0.15) is 4.90 Å². The second kappa shape index (κ2) is 4.63. The van der Waals surface area contributed by atoms with Gasteiger partial charge in [0.05, 0.1) is 17.6 Å². The number of rotatable bonds is 2. The fraction of sp³-hybridized carbons (Fsp3) is 0.357. The summed E-state index contributed by atoms with van der Waals surface area (Å²) in [4.78, 5) is 0.251. The summed E-state index contributed by atoms with van der Waals surface area (Å²) >= 11 is 0. The minimum absolute atomic E-state index is 0.251. The number of aryl methyl sites for hydroxylation is 1. The van der Waals surface area contributed by atoms with Crippen LogP contribution in [0.3, 0.4) is 0 Å². The summed E-state index contributed by atoms with van der Waals surface area (Å²) in [5.74, 6) is 0.298. The monoisotopic (exact) mass is 291 g/mol. The molecule has 1 atom stereocenters. The molecule has 0 spiro atoms. The fourth-order valence-corrected chi connectivity index (χ4v) is 4.44. The van der Waals surface area contributed by atoms with Gasteiger partial charge in [-0.15, -0.1) is 0 Å². The Hall–Kier alpha value is -1.82. The van der Waals surface area contributed by atoms with E-state index in [4.69, 9.17) is 0 Å². The second-order valence-electron chi connectivity index (χ2n) is 5.33. The van der Waals surface area contributed by atoms with E-state index in [2.05, 4.69) is 17.1 Å². The van der Waals surface area contributed by atoms with Crippen LogP contribution in [0.15, 0.2) is 35.4 Å². The van der Waals surface area contributed by atoms with Gasteiger partial charge in [0, 0.05) is 6.54 Å². The van der Waals surface area contributed by atoms with Gasteiger partial charge in [-0.05, 0) is 30.9 Å². The second-order valence-corrected chi connectivity index (χ2v) is 7.16. The van der Waals surface area contributed by atoms with E-state index in [0.29, 0.717) is 18.2 Å². The number of aromatic nitrogens is 2. The van der Waals surface area contributed by atoms with Crippen LogP contribution in [-0.2, 0) is 16.4 Å². The Balaban J connectivity index is 2.13. The van der Waals surface area contributed by atoms with Gasteiger partial charge >= 0.3 is 0 Å². The van der Waals surface area contributed by atoms with Crippen LogP contribution < -0.4 is 4.31 Å². The van der Waals surface area contributed by atoms with Gasteiger partial charge in [0.15, 0.2) is 0 Å². The normalized spacial score (nSPS) is 18.9. The first-order valence-electron chi connectivity index (χ1n) is 6.61. The molecule has 20 heavy (non-hydrogen) atoms. The van der Waals surface area contributed by atoms with E-state index in [-0.39, 0.29) is 4.90 Å². The topological polar surface area (TPSA) is 66.1 Å². The molecule has 0 aliphatic carbocycles. The third-order valence-electron chi connectivity index (χ3n) is 3.66. The molecule has 0 fully saturated rings. The number of benzene rings is 1. The predicted molar refractivity (Wildman–Crippen MR) is 77.2 cm³/mol. The maximum atomic E-state index is 12.8. The van der Waals surface area contributed by atoms with E-state index in [9.17, 15) is 8.42 Å². The van der Waals surface area contributed by atoms with Gasteiger partial charge in [-0.1, -0.05) is 25.1 Å². The summed E-state index contributed by atoms with van der Waals surface area (Å²) in [6.07, 6.45) is 2.29. The number of hydrogen-bond donors (Lipinski definition) is 1. The number of nitrogens with zero attached hydrogens (tertiary/aromatic N) is 2. The maximum Gasteiger partial charge on any atom is 0.267 e. The smallest absolute Gasteiger partial charge is 0.267 e. The summed E-state index contributed by atoms with van der Waals surface area (Å²) in [5.41, 5.74) is 2.43. The lowest BCUT2D eigenvalue weighted by atomic mass is 9.96. The van der Waals surface area contributed by atoms with Crippen LogP contribution in [0.1, 0.15) is 18.2 Å². The highest BCUT2D eigenvalue weighted by Crippen LogP contribution is 2.34. The maximum absolute atomic E-state index is 12.8. The summed E-state index contributed by atoms with van der Waals surface area (Å²) in [7, 11) is -3.56. The zero-order chi connectivity index (χ0) is 14.3. The summed E-state index contributed by atoms with van der Waals surface area (Å²) < 4.78 is 27.2. The lowest BCUT2D eigenvalue weighted by Gasteiger charge is -2.33. The van der Waals surface area contributed by atoms with Gasteiger partial charge < -0.3 is 0 Å². The number of sulfonamides is 1. The molecule has 3 rings (SSSR count). The molecule has 1 unspecified atom stereocenters. The van der Waals surface area contributed by atoms with E-state index >= 15 is 0 Å². The summed E-state index contributed by atoms with van der Waals surface area (Å²) in [6.45, 7) is 4.30. The molecule has 1 N–H and O–H groups in total. The largest absolute Gasteiger partial charge is 0.281 e. The molecule has 1 aromatic carbocycles. The quantitative estimate of drug-likeness (QED) is 0.921. The number of fused-ring (bicyclic) bond motifs is 1. The minimum Gasteiger partial charge on any atom is -0.281 e. The van der Waals surface area contributed by atoms with Gasteiger partial charge in [0.25, 0.3) is 10.0 Å². The van der Waals surface area contributed by atoms with Crippen molar-refractivity contribution in [2.75, 3.05) is 10.8 Å². The molecule has 1 aromatic heterocycles. The average molecular weight is 291 g/mol.